The van der Waals surface area contributed by atoms with Crippen LogP contribution in [0.3, 0.4) is 0 Å². The first kappa shape index (κ1) is 3.26. The molecule has 1 N–H and O–H groups in total. The van der Waals surface area contributed by atoms with Gasteiger partial charge in [0.15, 0.2) is 0 Å². The molecule has 2 nitrogen and oxygen atoms in total. The monoisotopic (exact) mass is 90.0 g/mol. The largest absolute Gasteiger partial charge is 0.458 e. The first-order valence-corrected chi connectivity index (χ1v) is 2.86. The predicted molar refractivity (Wildman–Crippen MR) is 20.2 cm³/mol. The van der Waals surface area contributed by atoms with Crippen molar-refractivity contribution in [2.75, 3.05) is 0 Å². The Hall–Kier alpha value is 0.0600. The molecule has 0 amide bonds. The number of hydrogen-bond acceptors (Lipinski definition) is 1. The Balaban J connectivity index is 2.47. The molecule has 0 saturated carbocycles. The van der Waals surface area contributed by atoms with Crippen molar-refractivity contribution in [3.63, 3.8) is 0 Å². The molecule has 0 aromatic rings. The van der Waals surface area contributed by atoms with E-state index in [1.807, 2.05) is 6.92 Å². The minimum atomic E-state index is -0.932. The average molecular weight is 90.0 g/mol. The van der Waals surface area contributed by atoms with Crippen LogP contribution in [0.5, 0.6) is 0 Å². The van der Waals surface area contributed by atoms with Crippen LogP contribution in [0.4, 0.5) is 0 Å². The van der Waals surface area contributed by atoms with Gasteiger partial charge < -0.3 is 0 Å². The molecule has 0 spiro atoms. The lowest BCUT2D eigenvalue weighted by Gasteiger charge is -1.34. The smallest absolute Gasteiger partial charge is 0.0554 e. The fraction of sp³-hybridized carbons (Fsp3) is 1.00. The van der Waals surface area contributed by atoms with Gasteiger partial charge in [-0.05, 0) is 4.57 Å². The second-order valence-corrected chi connectivity index (χ2v) is 2.82. The van der Waals surface area contributed by atoms with E-state index in [0.717, 1.165) is 0 Å². The molecule has 1 aliphatic heterocycles. The van der Waals surface area contributed by atoms with Crippen molar-refractivity contribution < 1.29 is 4.57 Å². The van der Waals surface area contributed by atoms with Crippen LogP contribution in [-0.2, 0) is 4.57 Å². The second-order valence-electron chi connectivity index (χ2n) is 1.13. The summed E-state index contributed by atoms with van der Waals surface area (Å²) < 4.78 is 9.92. The normalized spacial score (nSPS) is 41.8. The van der Waals surface area contributed by atoms with Gasteiger partial charge in [-0.25, -0.2) is 0 Å². The van der Waals surface area contributed by atoms with Crippen LogP contribution in [-0.4, -0.2) is 5.78 Å². The van der Waals surface area contributed by atoms with Crippen molar-refractivity contribution in [1.82, 2.24) is 5.09 Å². The summed E-state index contributed by atoms with van der Waals surface area (Å²) in [6.45, 7) is 1.90. The maximum Gasteiger partial charge on any atom is 0.458 e. The Kier molecular flexibility index (Phi) is 0.497. The first-order valence-electron chi connectivity index (χ1n) is 1.53. The Labute approximate surface area is 31.4 Å². The van der Waals surface area contributed by atoms with E-state index in [4.69, 9.17) is 0 Å². The summed E-state index contributed by atoms with van der Waals surface area (Å²) in [7, 11) is -0.932. The molecule has 0 aromatic carbocycles. The summed E-state index contributed by atoms with van der Waals surface area (Å²) in [5.41, 5.74) is 0. The van der Waals surface area contributed by atoms with Crippen LogP contribution in [0.1, 0.15) is 6.92 Å². The van der Waals surface area contributed by atoms with Gasteiger partial charge in [0.25, 0.3) is 5.78 Å². The summed E-state index contributed by atoms with van der Waals surface area (Å²) in [6, 6.07) is 0. The highest BCUT2D eigenvalue weighted by molar-refractivity contribution is 7.50. The van der Waals surface area contributed by atoms with E-state index in [1.165, 1.54) is 0 Å². The maximum absolute atomic E-state index is 9.92. The molecule has 1 heterocycles. The van der Waals surface area contributed by atoms with E-state index < -0.39 is 7.95 Å². The highest BCUT2D eigenvalue weighted by atomic mass is 31.1. The average Bonchev–Trinajstić information content (AvgIpc) is 1.79. The van der Waals surface area contributed by atoms with E-state index in [2.05, 4.69) is 5.09 Å². The Morgan fingerprint density at radius 3 is 2.20 bits per heavy atom. The molecule has 2 unspecified atom stereocenters. The van der Waals surface area contributed by atoms with E-state index in [-0.39, 0.29) is 0 Å². The van der Waals surface area contributed by atoms with Crippen LogP contribution >= 0.6 is 7.95 Å². The van der Waals surface area contributed by atoms with Gasteiger partial charge in [-0.3, -0.25) is 0 Å². The van der Waals surface area contributed by atoms with Crippen molar-refractivity contribution in [2.24, 2.45) is 0 Å². The minimum Gasteiger partial charge on any atom is -0.0554 e. The third-order valence-corrected chi connectivity index (χ3v) is 1.79. The minimum absolute atomic E-state index is 0.310. The second kappa shape index (κ2) is 0.763. The molecule has 1 saturated heterocycles. The van der Waals surface area contributed by atoms with Crippen molar-refractivity contribution >= 4 is 7.95 Å². The zero-order valence-electron chi connectivity index (χ0n) is 2.93. The van der Waals surface area contributed by atoms with Crippen LogP contribution in [0.25, 0.3) is 0 Å². The molecule has 1 rings (SSSR count). The van der Waals surface area contributed by atoms with Crippen LogP contribution in [0.15, 0.2) is 0 Å². The topological polar surface area (TPSA) is 39.0 Å². The number of rotatable bonds is 0. The molecular weight excluding hydrogens is 85.0 g/mol. The zero-order valence-corrected chi connectivity index (χ0v) is 3.83. The lowest BCUT2D eigenvalue weighted by Crippen LogP contribution is -1.72. The van der Waals surface area contributed by atoms with Crippen molar-refractivity contribution in [3.05, 3.63) is 0 Å². The molecular formula is C2H5NOP+. The van der Waals surface area contributed by atoms with Gasteiger partial charge in [0.05, 0.1) is 0 Å². The summed E-state index contributed by atoms with van der Waals surface area (Å²) in [6.07, 6.45) is 0. The highest BCUT2D eigenvalue weighted by Gasteiger charge is 2.46. The first-order chi connectivity index (χ1) is 2.30. The van der Waals surface area contributed by atoms with E-state index in [1.54, 1.807) is 0 Å². The quantitative estimate of drug-likeness (QED) is 0.351. The molecule has 1 aliphatic rings. The van der Waals surface area contributed by atoms with Gasteiger partial charge >= 0.3 is 7.95 Å². The summed E-state index contributed by atoms with van der Waals surface area (Å²) in [4.78, 5) is 0. The van der Waals surface area contributed by atoms with Gasteiger partial charge in [-0.2, -0.15) is 0 Å². The third kappa shape index (κ3) is 0.469. The maximum atomic E-state index is 9.92. The molecule has 1 fully saturated rings. The molecule has 3 heteroatoms. The SMILES string of the molecule is CC1N[P+]1=O. The zero-order chi connectivity index (χ0) is 3.86. The van der Waals surface area contributed by atoms with Crippen LogP contribution in [0.2, 0.25) is 0 Å². The Bertz CT molecular complexity index is 72.0. The molecule has 28 valence electrons. The standard InChI is InChI=1S/C2H5NOP/c1-2-3-5(2)4/h2H,1H3,(H,3,4)/q+1. The Morgan fingerprint density at radius 1 is 2.00 bits per heavy atom. The predicted octanol–water partition coefficient (Wildman–Crippen LogP) is 0.678. The molecule has 0 radical (unpaired) electrons. The lowest BCUT2D eigenvalue weighted by molar-refractivity contribution is 0.597. The molecule has 5 heavy (non-hydrogen) atoms. The van der Waals surface area contributed by atoms with Gasteiger partial charge in [0, 0.05) is 6.92 Å². The highest BCUT2D eigenvalue weighted by Crippen LogP contribution is 2.37. The van der Waals surface area contributed by atoms with E-state index in [9.17, 15) is 4.57 Å². The van der Waals surface area contributed by atoms with Crippen molar-refractivity contribution in [2.45, 2.75) is 12.7 Å². The fourth-order valence-electron chi connectivity index (χ4n) is 0.151. The third-order valence-electron chi connectivity index (χ3n) is 0.598. The van der Waals surface area contributed by atoms with Crippen LogP contribution in [0, 0.1) is 0 Å². The van der Waals surface area contributed by atoms with Gasteiger partial charge in [-0.15, -0.1) is 0 Å². The summed E-state index contributed by atoms with van der Waals surface area (Å²) >= 11 is 0. The van der Waals surface area contributed by atoms with Gasteiger partial charge in [-0.1, -0.05) is 5.09 Å². The molecule has 0 aromatic heterocycles. The van der Waals surface area contributed by atoms with Gasteiger partial charge in [0.2, 0.25) is 0 Å². The molecule has 0 aliphatic carbocycles. The fourth-order valence-corrected chi connectivity index (χ4v) is 0.594. The van der Waals surface area contributed by atoms with Crippen LogP contribution < -0.4 is 5.09 Å². The summed E-state index contributed by atoms with van der Waals surface area (Å²) in [5.74, 6) is 0.310. The van der Waals surface area contributed by atoms with E-state index >= 15 is 0 Å². The molecule has 2 atom stereocenters. The Morgan fingerprint density at radius 2 is 2.20 bits per heavy atom. The van der Waals surface area contributed by atoms with Crippen molar-refractivity contribution in [3.8, 4) is 0 Å². The van der Waals surface area contributed by atoms with Crippen molar-refractivity contribution in [1.29, 1.82) is 0 Å². The number of nitrogens with one attached hydrogen (secondary N) is 1. The van der Waals surface area contributed by atoms with Gasteiger partial charge in [0.1, 0.15) is 0 Å². The summed E-state index contributed by atoms with van der Waals surface area (Å²) in [5, 5.41) is 2.70. The molecule has 0 bridgehead atoms. The van der Waals surface area contributed by atoms with E-state index in [0.29, 0.717) is 5.78 Å². The lowest BCUT2D eigenvalue weighted by atomic mass is 10.8. The number of hydrogen-bond donors (Lipinski definition) is 1.